The molecule has 0 aromatic heterocycles. The van der Waals surface area contributed by atoms with E-state index < -0.39 is 5.54 Å². The molecule has 0 spiro atoms. The summed E-state index contributed by atoms with van der Waals surface area (Å²) in [5.74, 6) is 0.775. The lowest BCUT2D eigenvalue weighted by Crippen LogP contribution is -2.54. The molecule has 0 heterocycles. The third-order valence-corrected chi connectivity index (χ3v) is 4.65. The summed E-state index contributed by atoms with van der Waals surface area (Å²) in [4.78, 5) is 11.3. The van der Waals surface area contributed by atoms with Crippen LogP contribution in [0.15, 0.2) is 0 Å². The first kappa shape index (κ1) is 13.8. The lowest BCUT2D eigenvalue weighted by atomic mass is 9.85. The number of amides is 1. The minimum atomic E-state index is -0.789. The molecule has 0 bridgehead atoms. The zero-order valence-corrected chi connectivity index (χ0v) is 10.6. The predicted octanol–water partition coefficient (Wildman–Crippen LogP) is 0.473. The van der Waals surface area contributed by atoms with Crippen LogP contribution in [-0.2, 0) is 4.79 Å². The van der Waals surface area contributed by atoms with Gasteiger partial charge in [0.1, 0.15) is 0 Å². The summed E-state index contributed by atoms with van der Waals surface area (Å²) in [5.41, 5.74) is 10.6. The Morgan fingerprint density at radius 3 is 2.94 bits per heavy atom. The van der Waals surface area contributed by atoms with Crippen LogP contribution in [0.2, 0.25) is 0 Å². The van der Waals surface area contributed by atoms with Crippen LogP contribution in [0.25, 0.3) is 0 Å². The van der Waals surface area contributed by atoms with Crippen molar-refractivity contribution in [3.63, 3.8) is 0 Å². The molecular weight excluding hydrogens is 224 g/mol. The number of aliphatic hydroxyl groups excluding tert-OH is 1. The lowest BCUT2D eigenvalue weighted by Gasteiger charge is -2.28. The molecule has 3 atom stereocenters. The Morgan fingerprint density at radius 1 is 1.69 bits per heavy atom. The first-order chi connectivity index (χ1) is 7.50. The molecule has 4 nitrogen and oxygen atoms in total. The van der Waals surface area contributed by atoms with Gasteiger partial charge in [0.2, 0.25) is 5.91 Å². The highest BCUT2D eigenvalue weighted by Gasteiger charge is 2.43. The summed E-state index contributed by atoms with van der Waals surface area (Å²) in [6.07, 6.45) is 3.61. The standard InChI is InChI=1S/C11H22N2O2S/c1-8(7-14)16-6-4-9-3-2-5-11(9,13)10(12)15/h8-9,14H,2-7,13H2,1H3,(H2,12,15). The predicted molar refractivity (Wildman–Crippen MR) is 67.1 cm³/mol. The maximum Gasteiger partial charge on any atom is 0.237 e. The molecule has 1 aliphatic rings. The van der Waals surface area contributed by atoms with Gasteiger partial charge in [-0.3, -0.25) is 4.79 Å². The number of nitrogens with two attached hydrogens (primary N) is 2. The summed E-state index contributed by atoms with van der Waals surface area (Å²) in [6.45, 7) is 2.18. The molecule has 16 heavy (non-hydrogen) atoms. The molecule has 5 heteroatoms. The van der Waals surface area contributed by atoms with Gasteiger partial charge in [-0.1, -0.05) is 13.3 Å². The number of aliphatic hydroxyl groups is 1. The second kappa shape index (κ2) is 5.89. The Hall–Kier alpha value is -0.260. The number of primary amides is 1. The Morgan fingerprint density at radius 2 is 2.38 bits per heavy atom. The van der Waals surface area contributed by atoms with E-state index in [4.69, 9.17) is 16.6 Å². The summed E-state index contributed by atoms with van der Waals surface area (Å²) < 4.78 is 0. The topological polar surface area (TPSA) is 89.3 Å². The number of carbonyl (C=O) groups is 1. The molecule has 0 aromatic rings. The van der Waals surface area contributed by atoms with Crippen LogP contribution in [0, 0.1) is 5.92 Å². The van der Waals surface area contributed by atoms with Crippen LogP contribution in [0.1, 0.15) is 32.6 Å². The molecule has 0 aliphatic heterocycles. The monoisotopic (exact) mass is 246 g/mol. The first-order valence-corrected chi connectivity index (χ1v) is 6.87. The van der Waals surface area contributed by atoms with Crippen molar-refractivity contribution in [2.75, 3.05) is 12.4 Å². The number of rotatable bonds is 6. The van der Waals surface area contributed by atoms with Crippen molar-refractivity contribution >= 4 is 17.7 Å². The fourth-order valence-corrected chi connectivity index (χ4v) is 3.22. The molecule has 1 rings (SSSR count). The molecule has 3 unspecified atom stereocenters. The zero-order valence-electron chi connectivity index (χ0n) is 9.82. The van der Waals surface area contributed by atoms with Gasteiger partial charge in [-0.05, 0) is 30.9 Å². The third-order valence-electron chi connectivity index (χ3n) is 3.46. The molecule has 5 N–H and O–H groups in total. The summed E-state index contributed by atoms with van der Waals surface area (Å²) >= 11 is 1.72. The smallest absolute Gasteiger partial charge is 0.237 e. The van der Waals surface area contributed by atoms with Crippen molar-refractivity contribution in [2.24, 2.45) is 17.4 Å². The normalized spacial score (nSPS) is 31.6. The van der Waals surface area contributed by atoms with Crippen molar-refractivity contribution in [2.45, 2.75) is 43.4 Å². The highest BCUT2D eigenvalue weighted by Crippen LogP contribution is 2.36. The van der Waals surface area contributed by atoms with Crippen LogP contribution in [0.3, 0.4) is 0 Å². The summed E-state index contributed by atoms with van der Waals surface area (Å²) in [5, 5.41) is 9.15. The van der Waals surface area contributed by atoms with Gasteiger partial charge < -0.3 is 16.6 Å². The van der Waals surface area contributed by atoms with E-state index in [-0.39, 0.29) is 23.7 Å². The average molecular weight is 246 g/mol. The SMILES string of the molecule is CC(CO)SCCC1CCCC1(N)C(N)=O. The Kier molecular flexibility index (Phi) is 5.08. The van der Waals surface area contributed by atoms with Gasteiger partial charge in [-0.15, -0.1) is 0 Å². The molecular formula is C11H22N2O2S. The average Bonchev–Trinajstić information content (AvgIpc) is 2.61. The number of thioether (sulfide) groups is 1. The van der Waals surface area contributed by atoms with Crippen LogP contribution in [-0.4, -0.2) is 34.2 Å². The third kappa shape index (κ3) is 3.12. The van der Waals surface area contributed by atoms with Gasteiger partial charge in [0, 0.05) is 5.25 Å². The van der Waals surface area contributed by atoms with Gasteiger partial charge in [-0.25, -0.2) is 0 Å². The molecule has 0 aromatic carbocycles. The Labute approximate surface area is 101 Å². The van der Waals surface area contributed by atoms with Crippen LogP contribution < -0.4 is 11.5 Å². The van der Waals surface area contributed by atoms with Crippen LogP contribution >= 0.6 is 11.8 Å². The number of hydrogen-bond acceptors (Lipinski definition) is 4. The quantitative estimate of drug-likeness (QED) is 0.635. The number of carbonyl (C=O) groups excluding carboxylic acids is 1. The van der Waals surface area contributed by atoms with Crippen molar-refractivity contribution in [1.29, 1.82) is 0 Å². The van der Waals surface area contributed by atoms with E-state index in [2.05, 4.69) is 0 Å². The van der Waals surface area contributed by atoms with Crippen LogP contribution in [0.4, 0.5) is 0 Å². The van der Waals surface area contributed by atoms with Gasteiger partial charge in [0.25, 0.3) is 0 Å². The molecule has 1 aliphatic carbocycles. The Bertz CT molecular complexity index is 250. The molecule has 1 saturated carbocycles. The summed E-state index contributed by atoms with van der Waals surface area (Å²) in [7, 11) is 0. The first-order valence-electron chi connectivity index (χ1n) is 5.82. The van der Waals surface area contributed by atoms with Crippen molar-refractivity contribution in [3.05, 3.63) is 0 Å². The molecule has 94 valence electrons. The molecule has 1 fully saturated rings. The number of hydrogen-bond donors (Lipinski definition) is 3. The van der Waals surface area contributed by atoms with Crippen molar-refractivity contribution in [3.8, 4) is 0 Å². The second-order valence-electron chi connectivity index (χ2n) is 4.65. The van der Waals surface area contributed by atoms with E-state index in [1.54, 1.807) is 11.8 Å². The van der Waals surface area contributed by atoms with E-state index in [9.17, 15) is 4.79 Å². The van der Waals surface area contributed by atoms with E-state index in [0.29, 0.717) is 6.42 Å². The van der Waals surface area contributed by atoms with Gasteiger partial charge in [0.15, 0.2) is 0 Å². The highest BCUT2D eigenvalue weighted by atomic mass is 32.2. The molecule has 0 radical (unpaired) electrons. The lowest BCUT2D eigenvalue weighted by molar-refractivity contribution is -0.124. The summed E-state index contributed by atoms with van der Waals surface area (Å²) in [6, 6.07) is 0. The van der Waals surface area contributed by atoms with Gasteiger partial charge in [0.05, 0.1) is 12.1 Å². The maximum atomic E-state index is 11.3. The van der Waals surface area contributed by atoms with E-state index in [1.165, 1.54) is 0 Å². The molecule has 1 amide bonds. The zero-order chi connectivity index (χ0) is 12.2. The van der Waals surface area contributed by atoms with Crippen molar-refractivity contribution in [1.82, 2.24) is 0 Å². The van der Waals surface area contributed by atoms with E-state index in [0.717, 1.165) is 25.0 Å². The Balaban J connectivity index is 2.39. The van der Waals surface area contributed by atoms with Gasteiger partial charge >= 0.3 is 0 Å². The van der Waals surface area contributed by atoms with E-state index in [1.807, 2.05) is 6.92 Å². The van der Waals surface area contributed by atoms with Crippen LogP contribution in [0.5, 0.6) is 0 Å². The maximum absolute atomic E-state index is 11.3. The fourth-order valence-electron chi connectivity index (χ4n) is 2.29. The minimum absolute atomic E-state index is 0.193. The largest absolute Gasteiger partial charge is 0.395 e. The fraction of sp³-hybridized carbons (Fsp3) is 0.909. The second-order valence-corrected chi connectivity index (χ2v) is 6.19. The molecule has 0 saturated heterocycles. The minimum Gasteiger partial charge on any atom is -0.395 e. The van der Waals surface area contributed by atoms with E-state index >= 15 is 0 Å². The highest BCUT2D eigenvalue weighted by molar-refractivity contribution is 7.99. The van der Waals surface area contributed by atoms with Gasteiger partial charge in [-0.2, -0.15) is 11.8 Å². The van der Waals surface area contributed by atoms with Crippen molar-refractivity contribution < 1.29 is 9.90 Å².